The zero-order valence-electron chi connectivity index (χ0n) is 18.9. The summed E-state index contributed by atoms with van der Waals surface area (Å²) in [4.78, 5) is 0. The fourth-order valence-corrected chi connectivity index (χ4v) is 11.0. The largest absolute Gasteiger partial charge is 0.495 e. The van der Waals surface area contributed by atoms with Gasteiger partial charge in [-0.2, -0.15) is 0 Å². The molecule has 0 saturated carbocycles. The summed E-state index contributed by atoms with van der Waals surface area (Å²) < 4.78 is 5.91. The standard InChI is InChI=1S/C24H37ClOSi/c1-11-27(12-2,23-17(5)15(3)16(4)18(23)6)21-14-19(24(7,8)9)13-20(25)22(21)26-10/h13-14,23H,11-12H2,1-10H3. The smallest absolute Gasteiger partial charge is 0.136 e. The van der Waals surface area contributed by atoms with Crippen molar-refractivity contribution in [1.29, 1.82) is 0 Å². The van der Waals surface area contributed by atoms with Crippen LogP contribution in [-0.2, 0) is 5.41 Å². The molecule has 1 aliphatic carbocycles. The second-order valence-corrected chi connectivity index (χ2v) is 14.5. The SMILES string of the molecule is CC[Si](CC)(c1cc(C(C)(C)C)cc(Cl)c1OC)C1C(C)=C(C)C(C)=C1C. The molecule has 0 heterocycles. The van der Waals surface area contributed by atoms with Gasteiger partial charge in [0.15, 0.2) is 0 Å². The molecule has 3 heteroatoms. The average molecular weight is 405 g/mol. The second-order valence-electron chi connectivity index (χ2n) is 9.20. The molecule has 0 saturated heterocycles. The Morgan fingerprint density at radius 2 is 1.44 bits per heavy atom. The third-order valence-corrected chi connectivity index (χ3v) is 13.3. The predicted octanol–water partition coefficient (Wildman–Crippen LogP) is 7.40. The molecule has 0 bridgehead atoms. The summed E-state index contributed by atoms with van der Waals surface area (Å²) in [5, 5.41) is 2.16. The first-order valence-electron chi connectivity index (χ1n) is 10.2. The second kappa shape index (κ2) is 7.79. The van der Waals surface area contributed by atoms with Crippen LogP contribution >= 0.6 is 11.6 Å². The van der Waals surface area contributed by atoms with Crippen LogP contribution in [-0.4, -0.2) is 15.2 Å². The minimum Gasteiger partial charge on any atom is -0.495 e. The zero-order chi connectivity index (χ0) is 20.7. The van der Waals surface area contributed by atoms with E-state index in [0.717, 1.165) is 10.8 Å². The Morgan fingerprint density at radius 1 is 0.963 bits per heavy atom. The van der Waals surface area contributed by atoms with Crippen LogP contribution in [0.25, 0.3) is 0 Å². The Kier molecular flexibility index (Phi) is 6.44. The van der Waals surface area contributed by atoms with Gasteiger partial charge in [0.2, 0.25) is 0 Å². The fraction of sp³-hybridized carbons (Fsp3) is 0.583. The van der Waals surface area contributed by atoms with Gasteiger partial charge in [-0.15, -0.1) is 0 Å². The maximum atomic E-state index is 6.77. The summed E-state index contributed by atoms with van der Waals surface area (Å²) in [6, 6.07) is 6.89. The number of hydrogen-bond donors (Lipinski definition) is 0. The summed E-state index contributed by atoms with van der Waals surface area (Å²) in [6.07, 6.45) is 0. The highest BCUT2D eigenvalue weighted by Gasteiger charge is 2.46. The molecule has 0 aliphatic heterocycles. The summed E-state index contributed by atoms with van der Waals surface area (Å²) in [5.41, 5.74) is 7.97. The lowest BCUT2D eigenvalue weighted by Gasteiger charge is -2.40. The van der Waals surface area contributed by atoms with Gasteiger partial charge in [0.25, 0.3) is 0 Å². The monoisotopic (exact) mass is 404 g/mol. The molecule has 1 nitrogen and oxygen atoms in total. The van der Waals surface area contributed by atoms with Gasteiger partial charge in [-0.3, -0.25) is 0 Å². The van der Waals surface area contributed by atoms with E-state index >= 15 is 0 Å². The van der Waals surface area contributed by atoms with Gasteiger partial charge in [0.1, 0.15) is 13.8 Å². The molecule has 1 aromatic carbocycles. The van der Waals surface area contributed by atoms with Crippen molar-refractivity contribution in [3.05, 3.63) is 45.0 Å². The Hall–Kier alpha value is -0.993. The van der Waals surface area contributed by atoms with Gasteiger partial charge >= 0.3 is 0 Å². The summed E-state index contributed by atoms with van der Waals surface area (Å²) in [6.45, 7) is 20.8. The van der Waals surface area contributed by atoms with E-state index in [2.05, 4.69) is 74.4 Å². The van der Waals surface area contributed by atoms with Gasteiger partial charge in [-0.25, -0.2) is 0 Å². The zero-order valence-corrected chi connectivity index (χ0v) is 20.7. The van der Waals surface area contributed by atoms with Crippen molar-refractivity contribution in [2.45, 2.75) is 85.4 Å². The number of ether oxygens (including phenoxy) is 1. The van der Waals surface area contributed by atoms with Crippen LogP contribution in [0.2, 0.25) is 22.7 Å². The quantitative estimate of drug-likeness (QED) is 0.464. The van der Waals surface area contributed by atoms with Crippen LogP contribution in [0.5, 0.6) is 5.75 Å². The lowest BCUT2D eigenvalue weighted by molar-refractivity contribution is 0.417. The van der Waals surface area contributed by atoms with E-state index in [1.807, 2.05) is 0 Å². The predicted molar refractivity (Wildman–Crippen MR) is 124 cm³/mol. The number of hydrogen-bond acceptors (Lipinski definition) is 1. The molecule has 0 N–H and O–H groups in total. The normalized spacial score (nSPS) is 16.6. The highest BCUT2D eigenvalue weighted by Crippen LogP contribution is 2.50. The van der Waals surface area contributed by atoms with Crippen LogP contribution in [0.4, 0.5) is 0 Å². The molecule has 27 heavy (non-hydrogen) atoms. The van der Waals surface area contributed by atoms with Crippen molar-refractivity contribution in [2.24, 2.45) is 0 Å². The van der Waals surface area contributed by atoms with E-state index < -0.39 is 8.07 Å². The molecule has 150 valence electrons. The molecule has 0 aromatic heterocycles. The molecule has 0 unspecified atom stereocenters. The summed E-state index contributed by atoms with van der Waals surface area (Å²) in [5.74, 6) is 0.905. The Balaban J connectivity index is 2.87. The van der Waals surface area contributed by atoms with Crippen LogP contribution in [0.3, 0.4) is 0 Å². The highest BCUT2D eigenvalue weighted by atomic mass is 35.5. The third kappa shape index (κ3) is 3.56. The van der Waals surface area contributed by atoms with Crippen molar-refractivity contribution >= 4 is 24.9 Å². The van der Waals surface area contributed by atoms with Crippen LogP contribution in [0, 0.1) is 0 Å². The van der Waals surface area contributed by atoms with E-state index in [1.54, 1.807) is 18.3 Å². The molecular weight excluding hydrogens is 368 g/mol. The van der Waals surface area contributed by atoms with E-state index in [0.29, 0.717) is 5.54 Å². The van der Waals surface area contributed by atoms with Crippen molar-refractivity contribution in [3.8, 4) is 5.75 Å². The Labute approximate surface area is 172 Å². The number of allylic oxidation sites excluding steroid dienone is 4. The van der Waals surface area contributed by atoms with E-state index in [9.17, 15) is 0 Å². The maximum Gasteiger partial charge on any atom is 0.136 e. The molecule has 2 rings (SSSR count). The van der Waals surface area contributed by atoms with E-state index in [1.165, 1.54) is 34.0 Å². The number of halogens is 1. The minimum absolute atomic E-state index is 0.0591. The van der Waals surface area contributed by atoms with Gasteiger partial charge in [0, 0.05) is 5.54 Å². The summed E-state index contributed by atoms with van der Waals surface area (Å²) in [7, 11) is -0.162. The van der Waals surface area contributed by atoms with Crippen molar-refractivity contribution in [2.75, 3.05) is 7.11 Å². The van der Waals surface area contributed by atoms with Crippen molar-refractivity contribution in [1.82, 2.24) is 0 Å². The molecule has 1 aliphatic rings. The number of rotatable bonds is 5. The molecule has 0 spiro atoms. The Bertz CT molecular complexity index is 767. The van der Waals surface area contributed by atoms with E-state index in [4.69, 9.17) is 16.3 Å². The first-order chi connectivity index (χ1) is 12.5. The van der Waals surface area contributed by atoms with Gasteiger partial charge < -0.3 is 4.74 Å². The molecule has 0 amide bonds. The topological polar surface area (TPSA) is 9.23 Å². The first-order valence-corrected chi connectivity index (χ1v) is 13.1. The number of benzene rings is 1. The number of methoxy groups -OCH3 is 1. The highest BCUT2D eigenvalue weighted by molar-refractivity contribution is 6.94. The molecular formula is C24H37ClOSi. The van der Waals surface area contributed by atoms with Gasteiger partial charge in [-0.05, 0) is 61.1 Å². The van der Waals surface area contributed by atoms with Crippen LogP contribution in [0.1, 0.15) is 67.9 Å². The van der Waals surface area contributed by atoms with E-state index in [-0.39, 0.29) is 5.41 Å². The van der Waals surface area contributed by atoms with Gasteiger partial charge in [0.05, 0.1) is 12.1 Å². The maximum absolute atomic E-state index is 6.77. The molecule has 0 radical (unpaired) electrons. The molecule has 0 atom stereocenters. The Morgan fingerprint density at radius 3 is 1.81 bits per heavy atom. The van der Waals surface area contributed by atoms with Crippen LogP contribution < -0.4 is 9.92 Å². The minimum atomic E-state index is -1.93. The lowest BCUT2D eigenvalue weighted by Crippen LogP contribution is -2.52. The first kappa shape index (κ1) is 22.3. The summed E-state index contributed by atoms with van der Waals surface area (Å²) >= 11 is 6.77. The van der Waals surface area contributed by atoms with Gasteiger partial charge in [-0.1, -0.05) is 75.5 Å². The van der Waals surface area contributed by atoms with Crippen molar-refractivity contribution in [3.63, 3.8) is 0 Å². The average Bonchev–Trinajstić information content (AvgIpc) is 2.80. The third-order valence-electron chi connectivity index (χ3n) is 7.08. The van der Waals surface area contributed by atoms with Crippen molar-refractivity contribution < 1.29 is 4.74 Å². The molecule has 0 fully saturated rings. The lowest BCUT2D eigenvalue weighted by atomic mass is 9.87. The van der Waals surface area contributed by atoms with Crippen LogP contribution in [0.15, 0.2) is 34.4 Å². The molecule has 1 aromatic rings. The fourth-order valence-electron chi connectivity index (χ4n) is 4.98.